The second-order valence-corrected chi connectivity index (χ2v) is 7.39. The third kappa shape index (κ3) is 9.99. The van der Waals surface area contributed by atoms with E-state index in [9.17, 15) is 5.11 Å². The summed E-state index contributed by atoms with van der Waals surface area (Å²) in [6.07, 6.45) is 3.76. The Kier molecular flexibility index (Phi) is 11.4. The van der Waals surface area contributed by atoms with Crippen molar-refractivity contribution in [1.29, 1.82) is 0 Å². The highest BCUT2D eigenvalue weighted by molar-refractivity contribution is 5.46. The second-order valence-electron chi connectivity index (χ2n) is 7.39. The van der Waals surface area contributed by atoms with Gasteiger partial charge in [-0.1, -0.05) is 6.92 Å². The van der Waals surface area contributed by atoms with Gasteiger partial charge in [-0.25, -0.2) is 0 Å². The molecule has 1 aromatic carbocycles. The molecule has 0 unspecified atom stereocenters. The standard InChI is InChI=1S/C22H38O5/c1-7-19-14-20(23)13-18(6)22(19)25-12-10-8-9-11-24-15-21(26-16(2)3)27-17(4)5/h13-14,16-17,21,23H,7-12,15H2,1-6H3. The lowest BCUT2D eigenvalue weighted by atomic mass is 10.1. The van der Waals surface area contributed by atoms with Gasteiger partial charge in [-0.3, -0.25) is 0 Å². The summed E-state index contributed by atoms with van der Waals surface area (Å²) in [5, 5.41) is 9.69. The molecular formula is C22H38O5. The molecule has 0 saturated carbocycles. The third-order valence-corrected chi connectivity index (χ3v) is 4.00. The van der Waals surface area contributed by atoms with Crippen LogP contribution in [0.4, 0.5) is 0 Å². The Balaban J connectivity index is 2.20. The predicted molar refractivity (Wildman–Crippen MR) is 109 cm³/mol. The number of hydrogen-bond acceptors (Lipinski definition) is 5. The van der Waals surface area contributed by atoms with Crippen molar-refractivity contribution in [2.24, 2.45) is 0 Å². The van der Waals surface area contributed by atoms with Crippen LogP contribution in [0.2, 0.25) is 0 Å². The lowest BCUT2D eigenvalue weighted by molar-refractivity contribution is -0.204. The zero-order chi connectivity index (χ0) is 20.2. The topological polar surface area (TPSA) is 57.2 Å². The summed E-state index contributed by atoms with van der Waals surface area (Å²) in [5.41, 5.74) is 2.04. The van der Waals surface area contributed by atoms with Crippen LogP contribution in [0.3, 0.4) is 0 Å². The van der Waals surface area contributed by atoms with Crippen molar-refractivity contribution < 1.29 is 24.1 Å². The second kappa shape index (κ2) is 13.0. The van der Waals surface area contributed by atoms with E-state index in [2.05, 4.69) is 6.92 Å². The number of benzene rings is 1. The van der Waals surface area contributed by atoms with Crippen LogP contribution in [-0.2, 0) is 20.6 Å². The molecule has 0 amide bonds. The van der Waals surface area contributed by atoms with Crippen molar-refractivity contribution in [3.8, 4) is 11.5 Å². The van der Waals surface area contributed by atoms with Crippen molar-refractivity contribution >= 4 is 0 Å². The number of rotatable bonds is 14. The number of phenols is 1. The van der Waals surface area contributed by atoms with E-state index in [4.69, 9.17) is 18.9 Å². The summed E-state index contributed by atoms with van der Waals surface area (Å²) in [4.78, 5) is 0. The van der Waals surface area contributed by atoms with Gasteiger partial charge in [0.1, 0.15) is 11.5 Å². The van der Waals surface area contributed by atoms with E-state index in [-0.39, 0.29) is 18.5 Å². The summed E-state index contributed by atoms with van der Waals surface area (Å²) >= 11 is 0. The van der Waals surface area contributed by atoms with Gasteiger partial charge in [0.25, 0.3) is 0 Å². The number of phenolic OH excluding ortho intramolecular Hbond substituents is 1. The minimum absolute atomic E-state index is 0.117. The van der Waals surface area contributed by atoms with E-state index in [1.54, 1.807) is 12.1 Å². The molecule has 0 heterocycles. The zero-order valence-corrected chi connectivity index (χ0v) is 17.9. The quantitative estimate of drug-likeness (QED) is 0.362. The minimum atomic E-state index is -0.307. The van der Waals surface area contributed by atoms with Gasteiger partial charge >= 0.3 is 0 Å². The van der Waals surface area contributed by atoms with E-state index in [0.717, 1.165) is 42.6 Å². The van der Waals surface area contributed by atoms with Crippen LogP contribution >= 0.6 is 0 Å². The highest BCUT2D eigenvalue weighted by atomic mass is 16.7. The molecule has 0 spiro atoms. The lowest BCUT2D eigenvalue weighted by Crippen LogP contribution is -2.29. The van der Waals surface area contributed by atoms with Crippen LogP contribution in [-0.4, -0.2) is 43.4 Å². The van der Waals surface area contributed by atoms with Crippen molar-refractivity contribution in [3.63, 3.8) is 0 Å². The maximum atomic E-state index is 9.69. The smallest absolute Gasteiger partial charge is 0.181 e. The largest absolute Gasteiger partial charge is 0.508 e. The first kappa shape index (κ1) is 23.7. The van der Waals surface area contributed by atoms with Gasteiger partial charge in [0.2, 0.25) is 0 Å². The zero-order valence-electron chi connectivity index (χ0n) is 17.9. The molecule has 1 N–H and O–H groups in total. The van der Waals surface area contributed by atoms with Gasteiger partial charge in [0, 0.05) is 6.61 Å². The van der Waals surface area contributed by atoms with Crippen LogP contribution in [0.5, 0.6) is 11.5 Å². The molecule has 156 valence electrons. The van der Waals surface area contributed by atoms with Crippen LogP contribution < -0.4 is 4.74 Å². The Morgan fingerprint density at radius 1 is 0.926 bits per heavy atom. The van der Waals surface area contributed by atoms with Gasteiger partial charge in [0.05, 0.1) is 25.4 Å². The Bertz CT molecular complexity index is 518. The molecule has 5 nitrogen and oxygen atoms in total. The Hall–Kier alpha value is -1.30. The summed E-state index contributed by atoms with van der Waals surface area (Å²) in [5.74, 6) is 1.21. The normalized spacial score (nSPS) is 11.7. The first-order valence-electron chi connectivity index (χ1n) is 10.2. The number of aromatic hydroxyl groups is 1. The summed E-state index contributed by atoms with van der Waals surface area (Å²) in [6, 6.07) is 3.53. The molecular weight excluding hydrogens is 344 g/mol. The van der Waals surface area contributed by atoms with Gasteiger partial charge in [-0.15, -0.1) is 0 Å². The number of aryl methyl sites for hydroxylation is 2. The molecule has 0 saturated heterocycles. The summed E-state index contributed by atoms with van der Waals surface area (Å²) < 4.78 is 23.1. The monoisotopic (exact) mass is 382 g/mol. The van der Waals surface area contributed by atoms with Crippen molar-refractivity contribution in [2.75, 3.05) is 19.8 Å². The number of unbranched alkanes of at least 4 members (excludes halogenated alkanes) is 2. The molecule has 0 aromatic heterocycles. The van der Waals surface area contributed by atoms with Crippen LogP contribution in [0.1, 0.15) is 65.0 Å². The lowest BCUT2D eigenvalue weighted by Gasteiger charge is -2.22. The van der Waals surface area contributed by atoms with Gasteiger partial charge < -0.3 is 24.1 Å². The summed E-state index contributed by atoms with van der Waals surface area (Å²) in [6.45, 7) is 13.8. The van der Waals surface area contributed by atoms with Gasteiger partial charge in [0.15, 0.2) is 6.29 Å². The number of hydrogen-bond donors (Lipinski definition) is 1. The van der Waals surface area contributed by atoms with E-state index < -0.39 is 0 Å². The van der Waals surface area contributed by atoms with E-state index in [0.29, 0.717) is 25.6 Å². The fourth-order valence-corrected chi connectivity index (χ4v) is 2.85. The first-order chi connectivity index (χ1) is 12.8. The third-order valence-electron chi connectivity index (χ3n) is 4.00. The SMILES string of the molecule is CCc1cc(O)cc(C)c1OCCCCCOCC(OC(C)C)OC(C)C. The average molecular weight is 383 g/mol. The Labute approximate surface area is 165 Å². The molecule has 0 radical (unpaired) electrons. The Morgan fingerprint density at radius 2 is 1.56 bits per heavy atom. The van der Waals surface area contributed by atoms with E-state index >= 15 is 0 Å². The summed E-state index contributed by atoms with van der Waals surface area (Å²) in [7, 11) is 0. The fraction of sp³-hybridized carbons (Fsp3) is 0.727. The average Bonchev–Trinajstić information content (AvgIpc) is 2.56. The van der Waals surface area contributed by atoms with Gasteiger partial charge in [-0.05, 0) is 83.6 Å². The highest BCUT2D eigenvalue weighted by Gasteiger charge is 2.13. The number of ether oxygens (including phenoxy) is 4. The van der Waals surface area contributed by atoms with Crippen LogP contribution in [0.25, 0.3) is 0 Å². The van der Waals surface area contributed by atoms with Crippen molar-refractivity contribution in [1.82, 2.24) is 0 Å². The van der Waals surface area contributed by atoms with Crippen LogP contribution in [0.15, 0.2) is 12.1 Å². The maximum absolute atomic E-state index is 9.69. The van der Waals surface area contributed by atoms with E-state index in [1.165, 1.54) is 0 Å². The van der Waals surface area contributed by atoms with Gasteiger partial charge in [-0.2, -0.15) is 0 Å². The minimum Gasteiger partial charge on any atom is -0.508 e. The highest BCUT2D eigenvalue weighted by Crippen LogP contribution is 2.29. The molecule has 27 heavy (non-hydrogen) atoms. The predicted octanol–water partition coefficient (Wildman–Crippen LogP) is 5.00. The van der Waals surface area contributed by atoms with Crippen LogP contribution in [0, 0.1) is 6.92 Å². The molecule has 0 aliphatic carbocycles. The molecule has 5 heteroatoms. The van der Waals surface area contributed by atoms with Crippen molar-refractivity contribution in [3.05, 3.63) is 23.3 Å². The fourth-order valence-electron chi connectivity index (χ4n) is 2.85. The maximum Gasteiger partial charge on any atom is 0.181 e. The molecule has 1 aromatic rings. The Morgan fingerprint density at radius 3 is 2.15 bits per heavy atom. The molecule has 1 rings (SSSR count). The molecule has 0 atom stereocenters. The first-order valence-corrected chi connectivity index (χ1v) is 10.2. The molecule has 0 fully saturated rings. The molecule has 0 bridgehead atoms. The molecule has 0 aliphatic heterocycles. The van der Waals surface area contributed by atoms with Crippen molar-refractivity contribution in [2.45, 2.75) is 85.7 Å². The van der Waals surface area contributed by atoms with E-state index in [1.807, 2.05) is 34.6 Å². The molecule has 0 aliphatic rings.